The van der Waals surface area contributed by atoms with Crippen LogP contribution in [0.3, 0.4) is 0 Å². The van der Waals surface area contributed by atoms with E-state index in [4.69, 9.17) is 14.5 Å². The lowest BCUT2D eigenvalue weighted by Crippen LogP contribution is -2.42. The number of carbonyl (C=O) groups excluding carboxylic acids is 1. The second kappa shape index (κ2) is 10.4. The molecule has 0 bridgehead atoms. The van der Waals surface area contributed by atoms with E-state index in [1.165, 1.54) is 0 Å². The lowest BCUT2D eigenvalue weighted by molar-refractivity contribution is -0.0271. The van der Waals surface area contributed by atoms with Gasteiger partial charge in [0.1, 0.15) is 5.60 Å². The molecule has 1 saturated heterocycles. The predicted molar refractivity (Wildman–Crippen MR) is 126 cm³/mol. The third kappa shape index (κ3) is 6.28. The monoisotopic (exact) mass is 443 g/mol. The molecule has 0 aliphatic carbocycles. The van der Waals surface area contributed by atoms with Crippen LogP contribution in [0, 0.1) is 0 Å². The maximum absolute atomic E-state index is 12.3. The highest BCUT2D eigenvalue weighted by atomic mass is 16.6. The SMILES string of the molecule is CC/C=C\CC1(OCCC)N=CC(c2cnn(C3CCN(C(=O)OC(C)(C)C)CC3)c2)=N1. The van der Waals surface area contributed by atoms with Crippen LogP contribution in [0.5, 0.6) is 0 Å². The summed E-state index contributed by atoms with van der Waals surface area (Å²) in [5.74, 6) is -0.863. The number of nitrogens with zero attached hydrogens (tertiary/aromatic N) is 5. The number of aliphatic imine (C=N–C) groups is 2. The normalized spacial score (nSPS) is 22.0. The number of rotatable bonds is 8. The van der Waals surface area contributed by atoms with Crippen LogP contribution in [0.4, 0.5) is 4.79 Å². The molecule has 8 nitrogen and oxygen atoms in total. The van der Waals surface area contributed by atoms with Crippen molar-refractivity contribution in [1.29, 1.82) is 0 Å². The van der Waals surface area contributed by atoms with Crippen molar-refractivity contribution < 1.29 is 14.3 Å². The van der Waals surface area contributed by atoms with Gasteiger partial charge in [-0.2, -0.15) is 5.10 Å². The molecule has 1 atom stereocenters. The Kier molecular flexibility index (Phi) is 7.87. The smallest absolute Gasteiger partial charge is 0.410 e. The Labute approximate surface area is 191 Å². The highest BCUT2D eigenvalue weighted by Gasteiger charge is 2.33. The highest BCUT2D eigenvalue weighted by Crippen LogP contribution is 2.28. The second-order valence-corrected chi connectivity index (χ2v) is 9.34. The minimum absolute atomic E-state index is 0.242. The summed E-state index contributed by atoms with van der Waals surface area (Å²) < 4.78 is 13.5. The van der Waals surface area contributed by atoms with Gasteiger partial charge in [-0.15, -0.1) is 0 Å². The molecule has 0 spiro atoms. The Morgan fingerprint density at radius 3 is 2.66 bits per heavy atom. The van der Waals surface area contributed by atoms with Crippen LogP contribution < -0.4 is 0 Å². The molecule has 0 radical (unpaired) electrons. The molecule has 176 valence electrons. The summed E-state index contributed by atoms with van der Waals surface area (Å²) in [6.07, 6.45) is 13.8. The summed E-state index contributed by atoms with van der Waals surface area (Å²) in [6.45, 7) is 11.8. The minimum Gasteiger partial charge on any atom is -0.444 e. The summed E-state index contributed by atoms with van der Waals surface area (Å²) in [4.78, 5) is 23.5. The summed E-state index contributed by atoms with van der Waals surface area (Å²) in [5, 5.41) is 4.58. The predicted octanol–water partition coefficient (Wildman–Crippen LogP) is 4.77. The van der Waals surface area contributed by atoms with Crippen LogP contribution >= 0.6 is 0 Å². The summed E-state index contributed by atoms with van der Waals surface area (Å²) in [5.41, 5.74) is 1.25. The van der Waals surface area contributed by atoms with E-state index in [2.05, 4.69) is 36.1 Å². The van der Waals surface area contributed by atoms with Crippen molar-refractivity contribution in [2.45, 2.75) is 84.2 Å². The van der Waals surface area contributed by atoms with E-state index in [0.717, 1.165) is 37.0 Å². The van der Waals surface area contributed by atoms with Gasteiger partial charge in [-0.3, -0.25) is 4.68 Å². The minimum atomic E-state index is -0.863. The number of carbonyl (C=O) groups is 1. The molecule has 0 saturated carbocycles. The average molecular weight is 444 g/mol. The first-order chi connectivity index (χ1) is 15.3. The van der Waals surface area contributed by atoms with Crippen molar-refractivity contribution in [2.75, 3.05) is 19.7 Å². The topological polar surface area (TPSA) is 81.3 Å². The molecule has 3 rings (SSSR count). The Hall–Kier alpha value is -2.48. The molecular formula is C24H37N5O3. The van der Waals surface area contributed by atoms with E-state index >= 15 is 0 Å². The number of aromatic nitrogens is 2. The van der Waals surface area contributed by atoms with E-state index in [0.29, 0.717) is 26.1 Å². The van der Waals surface area contributed by atoms with Crippen molar-refractivity contribution in [2.24, 2.45) is 9.98 Å². The van der Waals surface area contributed by atoms with Gasteiger partial charge >= 0.3 is 6.09 Å². The van der Waals surface area contributed by atoms with Gasteiger partial charge in [0.2, 0.25) is 0 Å². The molecule has 1 aromatic rings. The molecular weight excluding hydrogens is 406 g/mol. The Balaban J connectivity index is 1.63. The third-order valence-corrected chi connectivity index (χ3v) is 5.39. The standard InChI is InChI=1S/C24H37N5O3/c1-6-8-9-12-24(31-15-7-2)25-17-21(27-24)19-16-26-29(18-19)20-10-13-28(14-11-20)22(30)32-23(3,4)5/h8-9,16-18,20H,6-7,10-15H2,1-5H3/b9-8-. The quantitative estimate of drug-likeness (QED) is 0.542. The zero-order valence-electron chi connectivity index (χ0n) is 20.1. The first-order valence-corrected chi connectivity index (χ1v) is 11.7. The number of ether oxygens (including phenoxy) is 2. The summed E-state index contributed by atoms with van der Waals surface area (Å²) in [7, 11) is 0. The summed E-state index contributed by atoms with van der Waals surface area (Å²) >= 11 is 0. The van der Waals surface area contributed by atoms with Crippen molar-refractivity contribution in [3.05, 3.63) is 30.1 Å². The van der Waals surface area contributed by atoms with Gasteiger partial charge < -0.3 is 14.4 Å². The average Bonchev–Trinajstić information content (AvgIpc) is 3.39. The first kappa shape index (κ1) is 24.2. The Morgan fingerprint density at radius 1 is 1.25 bits per heavy atom. The molecule has 32 heavy (non-hydrogen) atoms. The van der Waals surface area contributed by atoms with Crippen LogP contribution in [0.25, 0.3) is 0 Å². The number of allylic oxidation sites excluding steroid dienone is 1. The van der Waals surface area contributed by atoms with E-state index in [1.54, 1.807) is 11.1 Å². The molecule has 0 aromatic carbocycles. The zero-order chi connectivity index (χ0) is 23.2. The third-order valence-electron chi connectivity index (χ3n) is 5.39. The molecule has 8 heteroatoms. The lowest BCUT2D eigenvalue weighted by atomic mass is 10.1. The Bertz CT molecular complexity index is 859. The van der Waals surface area contributed by atoms with Crippen LogP contribution in [0.1, 0.15) is 78.3 Å². The number of likely N-dealkylation sites (tertiary alicyclic amines) is 1. The maximum atomic E-state index is 12.3. The van der Waals surface area contributed by atoms with Crippen LogP contribution in [0.2, 0.25) is 0 Å². The fourth-order valence-electron chi connectivity index (χ4n) is 3.75. The number of piperidine rings is 1. The van der Waals surface area contributed by atoms with Gasteiger partial charge in [-0.05, 0) is 46.5 Å². The molecule has 1 amide bonds. The highest BCUT2D eigenvalue weighted by molar-refractivity contribution is 6.39. The van der Waals surface area contributed by atoms with Crippen LogP contribution in [-0.2, 0) is 9.47 Å². The van der Waals surface area contributed by atoms with Crippen molar-refractivity contribution >= 4 is 18.0 Å². The maximum Gasteiger partial charge on any atom is 0.410 e. The molecule has 1 unspecified atom stereocenters. The van der Waals surface area contributed by atoms with E-state index in [-0.39, 0.29) is 12.1 Å². The molecule has 1 fully saturated rings. The van der Waals surface area contributed by atoms with Gasteiger partial charge in [-0.25, -0.2) is 14.8 Å². The molecule has 0 N–H and O–H groups in total. The summed E-state index contributed by atoms with van der Waals surface area (Å²) in [6, 6.07) is 0.245. The van der Waals surface area contributed by atoms with E-state index < -0.39 is 11.4 Å². The van der Waals surface area contributed by atoms with Crippen molar-refractivity contribution in [1.82, 2.24) is 14.7 Å². The van der Waals surface area contributed by atoms with E-state index in [1.807, 2.05) is 37.8 Å². The molecule has 3 heterocycles. The fraction of sp³-hybridized carbons (Fsp3) is 0.667. The second-order valence-electron chi connectivity index (χ2n) is 9.34. The van der Waals surface area contributed by atoms with Gasteiger partial charge in [-0.1, -0.05) is 26.0 Å². The number of hydrogen-bond acceptors (Lipinski definition) is 6. The van der Waals surface area contributed by atoms with Crippen molar-refractivity contribution in [3.8, 4) is 0 Å². The lowest BCUT2D eigenvalue weighted by Gasteiger charge is -2.33. The number of amides is 1. The molecule has 2 aliphatic rings. The zero-order valence-corrected chi connectivity index (χ0v) is 20.1. The molecule has 2 aliphatic heterocycles. The number of hydrogen-bond donors (Lipinski definition) is 0. The van der Waals surface area contributed by atoms with E-state index in [9.17, 15) is 4.79 Å². The fourth-order valence-corrected chi connectivity index (χ4v) is 3.75. The molecule has 1 aromatic heterocycles. The van der Waals surface area contributed by atoms with Gasteiger partial charge in [0.25, 0.3) is 5.85 Å². The van der Waals surface area contributed by atoms with Gasteiger partial charge in [0.05, 0.1) is 30.8 Å². The largest absolute Gasteiger partial charge is 0.444 e. The van der Waals surface area contributed by atoms with Gasteiger partial charge in [0.15, 0.2) is 0 Å². The first-order valence-electron chi connectivity index (χ1n) is 11.7. The van der Waals surface area contributed by atoms with Crippen LogP contribution in [0.15, 0.2) is 34.5 Å². The van der Waals surface area contributed by atoms with Crippen molar-refractivity contribution in [3.63, 3.8) is 0 Å². The Morgan fingerprint density at radius 2 is 2.00 bits per heavy atom. The van der Waals surface area contributed by atoms with Gasteiger partial charge in [0, 0.05) is 31.3 Å². The van der Waals surface area contributed by atoms with Crippen LogP contribution in [-0.4, -0.2) is 63.8 Å².